The van der Waals surface area contributed by atoms with Crippen LogP contribution in [0.1, 0.15) is 31.9 Å². The van der Waals surface area contributed by atoms with E-state index in [1.54, 1.807) is 12.1 Å². The lowest BCUT2D eigenvalue weighted by Crippen LogP contribution is -2.37. The van der Waals surface area contributed by atoms with Crippen LogP contribution < -0.4 is 10.1 Å². The summed E-state index contributed by atoms with van der Waals surface area (Å²) in [5, 5.41) is 13.3. The number of rotatable bonds is 2. The first-order chi connectivity index (χ1) is 9.94. The van der Waals surface area contributed by atoms with Crippen molar-refractivity contribution in [3.63, 3.8) is 0 Å². The molecule has 0 amide bonds. The molecule has 0 saturated carbocycles. The molecule has 0 spiro atoms. The van der Waals surface area contributed by atoms with Crippen LogP contribution in [-0.4, -0.2) is 10.7 Å². The van der Waals surface area contributed by atoms with Crippen molar-refractivity contribution in [1.82, 2.24) is 0 Å². The SMILES string of the molecule is CC1(C)CC(Nc2ccc(O)c(Cl)c2)c2ccccc2O1. The van der Waals surface area contributed by atoms with E-state index in [1.165, 1.54) is 0 Å². The molecule has 2 aromatic rings. The monoisotopic (exact) mass is 303 g/mol. The van der Waals surface area contributed by atoms with Crippen LogP contribution in [0.3, 0.4) is 0 Å². The number of para-hydroxylation sites is 1. The van der Waals surface area contributed by atoms with Crippen LogP contribution in [-0.2, 0) is 0 Å². The number of phenolic OH excluding ortho intramolecular Hbond substituents is 1. The van der Waals surface area contributed by atoms with E-state index in [0.717, 1.165) is 23.4 Å². The zero-order chi connectivity index (χ0) is 15.0. The van der Waals surface area contributed by atoms with E-state index in [1.807, 2.05) is 24.3 Å². The summed E-state index contributed by atoms with van der Waals surface area (Å²) in [7, 11) is 0. The molecule has 21 heavy (non-hydrogen) atoms. The van der Waals surface area contributed by atoms with Crippen molar-refractivity contribution in [2.75, 3.05) is 5.32 Å². The normalized spacial score (nSPS) is 19.5. The maximum atomic E-state index is 9.51. The van der Waals surface area contributed by atoms with Gasteiger partial charge in [-0.1, -0.05) is 29.8 Å². The van der Waals surface area contributed by atoms with Gasteiger partial charge in [0.2, 0.25) is 0 Å². The highest BCUT2D eigenvalue weighted by molar-refractivity contribution is 6.32. The van der Waals surface area contributed by atoms with E-state index in [-0.39, 0.29) is 17.4 Å². The summed E-state index contributed by atoms with van der Waals surface area (Å²) in [6, 6.07) is 13.4. The van der Waals surface area contributed by atoms with Crippen LogP contribution in [0.15, 0.2) is 42.5 Å². The molecule has 0 saturated heterocycles. The standard InChI is InChI=1S/C17H18ClNO2/c1-17(2)10-14(12-5-3-4-6-16(12)21-17)19-11-7-8-15(20)13(18)9-11/h3-9,14,19-20H,10H2,1-2H3. The summed E-state index contributed by atoms with van der Waals surface area (Å²) in [6.45, 7) is 4.17. The first-order valence-corrected chi connectivity index (χ1v) is 7.35. The van der Waals surface area contributed by atoms with Crippen LogP contribution in [0, 0.1) is 0 Å². The highest BCUT2D eigenvalue weighted by atomic mass is 35.5. The molecule has 1 heterocycles. The fraction of sp³-hybridized carbons (Fsp3) is 0.294. The van der Waals surface area contributed by atoms with Gasteiger partial charge in [-0.2, -0.15) is 0 Å². The predicted molar refractivity (Wildman–Crippen MR) is 85.2 cm³/mol. The average Bonchev–Trinajstić information content (AvgIpc) is 2.42. The molecule has 0 radical (unpaired) electrons. The second kappa shape index (κ2) is 5.15. The minimum atomic E-state index is -0.229. The minimum Gasteiger partial charge on any atom is -0.506 e. The molecule has 3 rings (SSSR count). The number of halogens is 1. The Kier molecular flexibility index (Phi) is 3.46. The summed E-state index contributed by atoms with van der Waals surface area (Å²) in [5.41, 5.74) is 1.79. The molecule has 0 aromatic heterocycles. The number of aromatic hydroxyl groups is 1. The quantitative estimate of drug-likeness (QED) is 0.786. The first kappa shape index (κ1) is 14.1. The molecule has 2 aromatic carbocycles. The van der Waals surface area contributed by atoms with Gasteiger partial charge in [-0.05, 0) is 38.1 Å². The highest BCUT2D eigenvalue weighted by Crippen LogP contribution is 2.41. The van der Waals surface area contributed by atoms with Gasteiger partial charge in [0.1, 0.15) is 17.1 Å². The van der Waals surface area contributed by atoms with Crippen LogP contribution in [0.4, 0.5) is 5.69 Å². The fourth-order valence-electron chi connectivity index (χ4n) is 2.73. The lowest BCUT2D eigenvalue weighted by Gasteiger charge is -2.38. The first-order valence-electron chi connectivity index (χ1n) is 6.98. The number of phenols is 1. The van der Waals surface area contributed by atoms with E-state index in [9.17, 15) is 5.11 Å². The van der Waals surface area contributed by atoms with Crippen LogP contribution in [0.2, 0.25) is 5.02 Å². The van der Waals surface area contributed by atoms with Crippen molar-refractivity contribution >= 4 is 17.3 Å². The Bertz CT molecular complexity index is 670. The molecule has 4 heteroatoms. The summed E-state index contributed by atoms with van der Waals surface area (Å²) < 4.78 is 6.02. The number of nitrogens with one attached hydrogen (secondary N) is 1. The number of hydrogen-bond acceptors (Lipinski definition) is 3. The van der Waals surface area contributed by atoms with Crippen molar-refractivity contribution < 1.29 is 9.84 Å². The van der Waals surface area contributed by atoms with Crippen molar-refractivity contribution in [3.8, 4) is 11.5 Å². The minimum absolute atomic E-state index is 0.0925. The fourth-order valence-corrected chi connectivity index (χ4v) is 2.91. The molecular formula is C17H18ClNO2. The lowest BCUT2D eigenvalue weighted by molar-refractivity contribution is 0.0759. The third kappa shape index (κ3) is 2.93. The predicted octanol–water partition coefficient (Wildman–Crippen LogP) is 4.76. The molecule has 1 unspecified atom stereocenters. The Morgan fingerprint density at radius 3 is 2.76 bits per heavy atom. The van der Waals surface area contributed by atoms with Crippen LogP contribution in [0.25, 0.3) is 0 Å². The van der Waals surface area contributed by atoms with Gasteiger partial charge in [0.25, 0.3) is 0 Å². The van der Waals surface area contributed by atoms with E-state index >= 15 is 0 Å². The Hall–Kier alpha value is -1.87. The van der Waals surface area contributed by atoms with E-state index in [0.29, 0.717) is 5.02 Å². The topological polar surface area (TPSA) is 41.5 Å². The number of fused-ring (bicyclic) bond motifs is 1. The van der Waals surface area contributed by atoms with E-state index < -0.39 is 0 Å². The molecule has 1 atom stereocenters. The van der Waals surface area contributed by atoms with Crippen molar-refractivity contribution in [2.45, 2.75) is 31.9 Å². The zero-order valence-corrected chi connectivity index (χ0v) is 12.8. The molecular weight excluding hydrogens is 286 g/mol. The number of hydrogen-bond donors (Lipinski definition) is 2. The smallest absolute Gasteiger partial charge is 0.134 e. The number of anilines is 1. The lowest BCUT2D eigenvalue weighted by atomic mass is 9.89. The molecule has 110 valence electrons. The maximum absolute atomic E-state index is 9.51. The van der Waals surface area contributed by atoms with Crippen molar-refractivity contribution in [1.29, 1.82) is 0 Å². The van der Waals surface area contributed by atoms with Crippen LogP contribution in [0.5, 0.6) is 11.5 Å². The summed E-state index contributed by atoms with van der Waals surface area (Å²) in [6.07, 6.45) is 0.850. The number of ether oxygens (including phenoxy) is 1. The Labute approximate surface area is 129 Å². The third-order valence-corrected chi connectivity index (χ3v) is 3.97. The molecule has 3 nitrogen and oxygen atoms in total. The van der Waals surface area contributed by atoms with Crippen LogP contribution >= 0.6 is 11.6 Å². The van der Waals surface area contributed by atoms with E-state index in [4.69, 9.17) is 16.3 Å². The zero-order valence-electron chi connectivity index (χ0n) is 12.1. The second-order valence-electron chi connectivity index (χ2n) is 5.97. The van der Waals surface area contributed by atoms with Gasteiger partial charge in [-0.25, -0.2) is 0 Å². The second-order valence-corrected chi connectivity index (χ2v) is 6.37. The van der Waals surface area contributed by atoms with Crippen molar-refractivity contribution in [2.24, 2.45) is 0 Å². The molecule has 1 aliphatic rings. The molecule has 0 bridgehead atoms. The summed E-state index contributed by atoms with van der Waals surface area (Å²) >= 11 is 5.97. The van der Waals surface area contributed by atoms with Gasteiger partial charge < -0.3 is 15.2 Å². The van der Waals surface area contributed by atoms with Gasteiger partial charge in [0.15, 0.2) is 0 Å². The Balaban J connectivity index is 1.92. The molecule has 1 aliphatic heterocycles. The highest BCUT2D eigenvalue weighted by Gasteiger charge is 2.33. The maximum Gasteiger partial charge on any atom is 0.134 e. The van der Waals surface area contributed by atoms with Gasteiger partial charge in [0.05, 0.1) is 11.1 Å². The van der Waals surface area contributed by atoms with E-state index in [2.05, 4.69) is 25.2 Å². The molecule has 0 fully saturated rings. The number of benzene rings is 2. The Morgan fingerprint density at radius 1 is 1.24 bits per heavy atom. The molecule has 0 aliphatic carbocycles. The van der Waals surface area contributed by atoms with Gasteiger partial charge in [0, 0.05) is 17.7 Å². The largest absolute Gasteiger partial charge is 0.506 e. The third-order valence-electron chi connectivity index (χ3n) is 3.66. The Morgan fingerprint density at radius 2 is 2.00 bits per heavy atom. The summed E-state index contributed by atoms with van der Waals surface area (Å²) in [4.78, 5) is 0. The van der Waals surface area contributed by atoms with Gasteiger partial charge in [-0.15, -0.1) is 0 Å². The summed E-state index contributed by atoms with van der Waals surface area (Å²) in [5.74, 6) is 1.01. The van der Waals surface area contributed by atoms with Gasteiger partial charge >= 0.3 is 0 Å². The average molecular weight is 304 g/mol. The van der Waals surface area contributed by atoms with Gasteiger partial charge in [-0.3, -0.25) is 0 Å². The molecule has 2 N–H and O–H groups in total. The van der Waals surface area contributed by atoms with Crippen molar-refractivity contribution in [3.05, 3.63) is 53.1 Å².